The maximum atomic E-state index is 4.05. The van der Waals surface area contributed by atoms with E-state index in [9.17, 15) is 0 Å². The van der Waals surface area contributed by atoms with Crippen molar-refractivity contribution < 1.29 is 0 Å². The summed E-state index contributed by atoms with van der Waals surface area (Å²) < 4.78 is 0. The minimum atomic E-state index is 0.703. The summed E-state index contributed by atoms with van der Waals surface area (Å²) in [7, 11) is 0. The van der Waals surface area contributed by atoms with Gasteiger partial charge in [0.15, 0.2) is 0 Å². The Hall–Kier alpha value is -0.830. The van der Waals surface area contributed by atoms with Gasteiger partial charge < -0.3 is 5.32 Å². The Kier molecular flexibility index (Phi) is 2.13. The molecule has 12 heavy (non-hydrogen) atoms. The van der Waals surface area contributed by atoms with Gasteiger partial charge in [0.05, 0.1) is 6.20 Å². The van der Waals surface area contributed by atoms with Gasteiger partial charge in [-0.3, -0.25) is 5.10 Å². The van der Waals surface area contributed by atoms with Crippen molar-refractivity contribution >= 4 is 0 Å². The van der Waals surface area contributed by atoms with Crippen molar-refractivity contribution in [2.75, 3.05) is 13.1 Å². The predicted octanol–water partition coefficient (Wildman–Crippen LogP) is 1.19. The number of aryl methyl sites for hydroxylation is 1. The molecule has 2 N–H and O–H groups in total. The van der Waals surface area contributed by atoms with E-state index >= 15 is 0 Å². The monoisotopic (exact) mass is 165 g/mol. The molecular formula is C9H15N3. The first-order chi connectivity index (χ1) is 5.88. The lowest BCUT2D eigenvalue weighted by Gasteiger charge is -2.21. The lowest BCUT2D eigenvalue weighted by molar-refractivity contribution is 0.451. The molecule has 0 bridgehead atoms. The summed E-state index contributed by atoms with van der Waals surface area (Å²) in [4.78, 5) is 0. The SMILES string of the molecule is Cc1cn[nH]c1C1CCNCC1. The van der Waals surface area contributed by atoms with Crippen LogP contribution in [0, 0.1) is 6.92 Å². The summed E-state index contributed by atoms with van der Waals surface area (Å²) in [5, 5.41) is 10.5. The molecule has 1 aliphatic rings. The molecule has 0 aromatic carbocycles. The van der Waals surface area contributed by atoms with E-state index in [-0.39, 0.29) is 0 Å². The molecule has 0 unspecified atom stereocenters. The van der Waals surface area contributed by atoms with Crippen LogP contribution in [0.2, 0.25) is 0 Å². The minimum absolute atomic E-state index is 0.703. The van der Waals surface area contributed by atoms with Gasteiger partial charge in [-0.25, -0.2) is 0 Å². The van der Waals surface area contributed by atoms with E-state index in [1.807, 2.05) is 6.20 Å². The average molecular weight is 165 g/mol. The van der Waals surface area contributed by atoms with Crippen LogP contribution >= 0.6 is 0 Å². The molecule has 1 saturated heterocycles. The molecule has 1 fully saturated rings. The first kappa shape index (κ1) is 7.80. The van der Waals surface area contributed by atoms with Gasteiger partial charge in [0, 0.05) is 11.6 Å². The lowest BCUT2D eigenvalue weighted by atomic mass is 9.93. The Morgan fingerprint density at radius 1 is 1.42 bits per heavy atom. The van der Waals surface area contributed by atoms with Crippen molar-refractivity contribution in [3.63, 3.8) is 0 Å². The number of aromatic nitrogens is 2. The highest BCUT2D eigenvalue weighted by atomic mass is 15.1. The summed E-state index contributed by atoms with van der Waals surface area (Å²) in [5.41, 5.74) is 2.65. The number of hydrogen-bond donors (Lipinski definition) is 2. The lowest BCUT2D eigenvalue weighted by Crippen LogP contribution is -2.27. The van der Waals surface area contributed by atoms with E-state index in [0.717, 1.165) is 13.1 Å². The van der Waals surface area contributed by atoms with Crippen LogP contribution in [0.1, 0.15) is 30.0 Å². The molecule has 1 aliphatic heterocycles. The summed E-state index contributed by atoms with van der Waals surface area (Å²) >= 11 is 0. The Balaban J connectivity index is 2.13. The molecule has 0 aliphatic carbocycles. The molecule has 3 heteroatoms. The second-order valence-corrected chi connectivity index (χ2v) is 3.49. The van der Waals surface area contributed by atoms with Crippen LogP contribution in [0.25, 0.3) is 0 Å². The summed E-state index contributed by atoms with van der Waals surface area (Å²) in [6.45, 7) is 4.41. The van der Waals surface area contributed by atoms with E-state index in [1.54, 1.807) is 0 Å². The molecule has 2 heterocycles. The van der Waals surface area contributed by atoms with Crippen LogP contribution in [0.15, 0.2) is 6.20 Å². The van der Waals surface area contributed by atoms with Gasteiger partial charge in [-0.1, -0.05) is 0 Å². The Bertz CT molecular complexity index is 248. The van der Waals surface area contributed by atoms with Crippen LogP contribution < -0.4 is 5.32 Å². The van der Waals surface area contributed by atoms with Crippen molar-refractivity contribution in [2.24, 2.45) is 0 Å². The van der Waals surface area contributed by atoms with Crippen LogP contribution in [0.4, 0.5) is 0 Å². The largest absolute Gasteiger partial charge is 0.317 e. The topological polar surface area (TPSA) is 40.7 Å². The quantitative estimate of drug-likeness (QED) is 0.656. The average Bonchev–Trinajstić information content (AvgIpc) is 2.53. The van der Waals surface area contributed by atoms with E-state index < -0.39 is 0 Å². The van der Waals surface area contributed by atoms with E-state index in [4.69, 9.17) is 0 Å². The third-order valence-corrected chi connectivity index (χ3v) is 2.62. The number of hydrogen-bond acceptors (Lipinski definition) is 2. The molecule has 0 radical (unpaired) electrons. The molecule has 1 aromatic heterocycles. The number of aromatic amines is 1. The fraction of sp³-hybridized carbons (Fsp3) is 0.667. The van der Waals surface area contributed by atoms with Crippen LogP contribution in [0.5, 0.6) is 0 Å². The third-order valence-electron chi connectivity index (χ3n) is 2.62. The first-order valence-electron chi connectivity index (χ1n) is 4.58. The smallest absolute Gasteiger partial charge is 0.0519 e. The number of nitrogens with one attached hydrogen (secondary N) is 2. The molecule has 3 nitrogen and oxygen atoms in total. The molecule has 0 saturated carbocycles. The maximum Gasteiger partial charge on any atom is 0.0519 e. The van der Waals surface area contributed by atoms with E-state index in [2.05, 4.69) is 22.4 Å². The highest BCUT2D eigenvalue weighted by Gasteiger charge is 2.17. The van der Waals surface area contributed by atoms with Crippen LogP contribution in [-0.4, -0.2) is 23.3 Å². The maximum absolute atomic E-state index is 4.05. The summed E-state index contributed by atoms with van der Waals surface area (Å²) in [6.07, 6.45) is 4.39. The zero-order chi connectivity index (χ0) is 8.39. The zero-order valence-corrected chi connectivity index (χ0v) is 7.43. The number of nitrogens with zero attached hydrogens (tertiary/aromatic N) is 1. The van der Waals surface area contributed by atoms with Gasteiger partial charge in [0.1, 0.15) is 0 Å². The third kappa shape index (κ3) is 1.37. The molecular weight excluding hydrogens is 150 g/mol. The van der Waals surface area contributed by atoms with Crippen LogP contribution in [-0.2, 0) is 0 Å². The Morgan fingerprint density at radius 3 is 2.75 bits per heavy atom. The molecule has 0 atom stereocenters. The Labute approximate surface area is 72.6 Å². The van der Waals surface area contributed by atoms with Gasteiger partial charge in [-0.2, -0.15) is 5.10 Å². The molecule has 0 amide bonds. The molecule has 1 aromatic rings. The van der Waals surface area contributed by atoms with Crippen molar-refractivity contribution in [3.8, 4) is 0 Å². The highest BCUT2D eigenvalue weighted by molar-refractivity contribution is 5.18. The number of piperidine rings is 1. The Morgan fingerprint density at radius 2 is 2.17 bits per heavy atom. The second-order valence-electron chi connectivity index (χ2n) is 3.49. The number of rotatable bonds is 1. The van der Waals surface area contributed by atoms with E-state index in [0.29, 0.717) is 5.92 Å². The van der Waals surface area contributed by atoms with E-state index in [1.165, 1.54) is 24.1 Å². The van der Waals surface area contributed by atoms with Gasteiger partial charge in [0.25, 0.3) is 0 Å². The minimum Gasteiger partial charge on any atom is -0.317 e. The number of H-pyrrole nitrogens is 1. The standard InChI is InChI=1S/C9H15N3/c1-7-6-11-12-9(7)8-2-4-10-5-3-8/h6,8,10H,2-5H2,1H3,(H,11,12). The molecule has 0 spiro atoms. The normalized spacial score (nSPS) is 19.8. The molecule has 2 rings (SSSR count). The fourth-order valence-electron chi connectivity index (χ4n) is 1.88. The summed E-state index contributed by atoms with van der Waals surface area (Å²) in [6, 6.07) is 0. The second kappa shape index (κ2) is 3.27. The van der Waals surface area contributed by atoms with Gasteiger partial charge >= 0.3 is 0 Å². The van der Waals surface area contributed by atoms with Crippen molar-refractivity contribution in [2.45, 2.75) is 25.7 Å². The predicted molar refractivity (Wildman–Crippen MR) is 48.2 cm³/mol. The van der Waals surface area contributed by atoms with Crippen molar-refractivity contribution in [3.05, 3.63) is 17.5 Å². The van der Waals surface area contributed by atoms with Crippen molar-refractivity contribution in [1.82, 2.24) is 15.5 Å². The van der Waals surface area contributed by atoms with Gasteiger partial charge in [-0.15, -0.1) is 0 Å². The van der Waals surface area contributed by atoms with Crippen molar-refractivity contribution in [1.29, 1.82) is 0 Å². The van der Waals surface area contributed by atoms with Gasteiger partial charge in [0.2, 0.25) is 0 Å². The van der Waals surface area contributed by atoms with Gasteiger partial charge in [-0.05, 0) is 38.4 Å². The fourth-order valence-corrected chi connectivity index (χ4v) is 1.88. The summed E-state index contributed by atoms with van der Waals surface area (Å²) in [5.74, 6) is 0.703. The zero-order valence-electron chi connectivity index (χ0n) is 7.43. The first-order valence-corrected chi connectivity index (χ1v) is 4.58. The van der Waals surface area contributed by atoms with Crippen LogP contribution in [0.3, 0.4) is 0 Å². The molecule has 66 valence electrons. The highest BCUT2D eigenvalue weighted by Crippen LogP contribution is 2.25.